The lowest BCUT2D eigenvalue weighted by molar-refractivity contribution is 0.255. The van der Waals surface area contributed by atoms with Crippen LogP contribution in [0.15, 0.2) is 46.8 Å². The fraction of sp³-hybridized carbons (Fsp3) is 0.450. The second kappa shape index (κ2) is 8.50. The van der Waals surface area contributed by atoms with E-state index in [9.17, 15) is 0 Å². The van der Waals surface area contributed by atoms with Crippen molar-refractivity contribution in [3.63, 3.8) is 0 Å². The van der Waals surface area contributed by atoms with Crippen LogP contribution in [-0.2, 0) is 0 Å². The zero-order valence-electron chi connectivity index (χ0n) is 15.1. The van der Waals surface area contributed by atoms with Gasteiger partial charge in [-0.25, -0.2) is 0 Å². The van der Waals surface area contributed by atoms with Gasteiger partial charge in [-0.05, 0) is 61.0 Å². The second-order valence-electron chi connectivity index (χ2n) is 6.91. The summed E-state index contributed by atoms with van der Waals surface area (Å²) >= 11 is 1.81. The zero-order chi connectivity index (χ0) is 17.6. The van der Waals surface area contributed by atoms with Crippen LogP contribution in [0.25, 0.3) is 0 Å². The Hall–Kier alpha value is -1.85. The van der Waals surface area contributed by atoms with Gasteiger partial charge in [0.1, 0.15) is 0 Å². The molecule has 4 nitrogen and oxygen atoms in total. The maximum Gasteiger partial charge on any atom is 0.193 e. The summed E-state index contributed by atoms with van der Waals surface area (Å²) in [6.07, 6.45) is 2.56. The van der Waals surface area contributed by atoms with Crippen molar-refractivity contribution in [2.75, 3.05) is 25.0 Å². The van der Waals surface area contributed by atoms with E-state index in [1.807, 2.05) is 6.07 Å². The summed E-state index contributed by atoms with van der Waals surface area (Å²) in [6, 6.07) is 13.0. The van der Waals surface area contributed by atoms with Gasteiger partial charge < -0.3 is 11.1 Å². The van der Waals surface area contributed by atoms with Crippen LogP contribution in [0.1, 0.15) is 49.1 Å². The molecule has 134 valence electrons. The number of guanidine groups is 1. The van der Waals surface area contributed by atoms with Crippen molar-refractivity contribution in [3.05, 3.63) is 52.2 Å². The number of hydrogen-bond acceptors (Lipinski definition) is 3. The van der Waals surface area contributed by atoms with Crippen LogP contribution in [0.2, 0.25) is 0 Å². The van der Waals surface area contributed by atoms with Gasteiger partial charge in [0, 0.05) is 10.6 Å². The molecule has 0 bridgehead atoms. The van der Waals surface area contributed by atoms with E-state index in [-0.39, 0.29) is 0 Å². The minimum Gasteiger partial charge on any atom is -0.370 e. The number of benzene rings is 1. The molecule has 3 N–H and O–H groups in total. The summed E-state index contributed by atoms with van der Waals surface area (Å²) in [4.78, 5) is 8.55. The van der Waals surface area contributed by atoms with E-state index in [0.717, 1.165) is 18.8 Å². The third kappa shape index (κ3) is 4.83. The van der Waals surface area contributed by atoms with Crippen molar-refractivity contribution in [1.82, 2.24) is 4.90 Å². The highest BCUT2D eigenvalue weighted by Gasteiger charge is 2.23. The molecule has 25 heavy (non-hydrogen) atoms. The van der Waals surface area contributed by atoms with E-state index in [4.69, 9.17) is 5.73 Å². The molecule has 0 radical (unpaired) electrons. The monoisotopic (exact) mass is 356 g/mol. The van der Waals surface area contributed by atoms with Gasteiger partial charge in [0.05, 0.1) is 12.6 Å². The normalized spacial score (nSPS) is 17.2. The molecule has 0 amide bonds. The number of rotatable bonds is 6. The predicted molar refractivity (Wildman–Crippen MR) is 109 cm³/mol. The van der Waals surface area contributed by atoms with Crippen molar-refractivity contribution >= 4 is 23.0 Å². The highest BCUT2D eigenvalue weighted by atomic mass is 32.1. The van der Waals surface area contributed by atoms with Crippen LogP contribution in [-0.4, -0.2) is 30.5 Å². The van der Waals surface area contributed by atoms with Crippen molar-refractivity contribution in [1.29, 1.82) is 0 Å². The number of nitrogens with zero attached hydrogens (tertiary/aromatic N) is 2. The van der Waals surface area contributed by atoms with Crippen LogP contribution in [0.3, 0.4) is 0 Å². The summed E-state index contributed by atoms with van der Waals surface area (Å²) in [6.45, 7) is 7.39. The molecule has 1 aliphatic heterocycles. The molecular weight excluding hydrogens is 328 g/mol. The molecule has 1 unspecified atom stereocenters. The van der Waals surface area contributed by atoms with Crippen molar-refractivity contribution in [3.8, 4) is 0 Å². The first-order valence-electron chi connectivity index (χ1n) is 9.08. The Kier molecular flexibility index (Phi) is 6.10. The Morgan fingerprint density at radius 2 is 2.04 bits per heavy atom. The lowest BCUT2D eigenvalue weighted by Gasteiger charge is -2.25. The summed E-state index contributed by atoms with van der Waals surface area (Å²) in [5.74, 6) is 0.986. The summed E-state index contributed by atoms with van der Waals surface area (Å²) in [5, 5.41) is 5.38. The first-order chi connectivity index (χ1) is 12.1. The quantitative estimate of drug-likeness (QED) is 0.594. The first-order valence-corrected chi connectivity index (χ1v) is 9.96. The Bertz CT molecular complexity index is 687. The number of thiophene rings is 1. The average molecular weight is 357 g/mol. The second-order valence-corrected chi connectivity index (χ2v) is 7.88. The topological polar surface area (TPSA) is 53.6 Å². The van der Waals surface area contributed by atoms with Crippen LogP contribution < -0.4 is 11.1 Å². The fourth-order valence-electron chi connectivity index (χ4n) is 3.27. The Morgan fingerprint density at radius 3 is 2.72 bits per heavy atom. The van der Waals surface area contributed by atoms with Crippen LogP contribution in [0.5, 0.6) is 0 Å². The number of likely N-dealkylation sites (tertiary alicyclic amines) is 1. The molecule has 2 heterocycles. The molecule has 1 aromatic carbocycles. The summed E-state index contributed by atoms with van der Waals surface area (Å²) in [7, 11) is 0. The minimum atomic E-state index is 0.338. The number of nitrogens with two attached hydrogens (primary N) is 1. The van der Waals surface area contributed by atoms with E-state index in [1.165, 1.54) is 23.3 Å². The molecule has 0 spiro atoms. The van der Waals surface area contributed by atoms with Gasteiger partial charge in [0.25, 0.3) is 0 Å². The van der Waals surface area contributed by atoms with Gasteiger partial charge in [0.15, 0.2) is 5.96 Å². The van der Waals surface area contributed by atoms with E-state index in [0.29, 0.717) is 24.5 Å². The number of hydrogen-bond donors (Lipinski definition) is 2. The van der Waals surface area contributed by atoms with Crippen LogP contribution in [0.4, 0.5) is 5.69 Å². The van der Waals surface area contributed by atoms with Gasteiger partial charge in [-0.2, -0.15) is 0 Å². The van der Waals surface area contributed by atoms with Crippen molar-refractivity contribution in [2.45, 2.75) is 38.6 Å². The van der Waals surface area contributed by atoms with Gasteiger partial charge in [-0.15, -0.1) is 11.3 Å². The number of anilines is 1. The van der Waals surface area contributed by atoms with Gasteiger partial charge in [0.2, 0.25) is 0 Å². The maximum atomic E-state index is 6.16. The smallest absolute Gasteiger partial charge is 0.193 e. The Morgan fingerprint density at radius 1 is 1.24 bits per heavy atom. The highest BCUT2D eigenvalue weighted by molar-refractivity contribution is 7.10. The fourth-order valence-corrected chi connectivity index (χ4v) is 4.12. The predicted octanol–water partition coefficient (Wildman–Crippen LogP) is 4.44. The molecule has 2 aromatic rings. The molecular formula is C20H28N4S. The molecule has 1 fully saturated rings. The van der Waals surface area contributed by atoms with E-state index in [2.05, 4.69) is 64.8 Å². The standard InChI is InChI=1S/C20H28N4S/c1-15(2)16-7-5-8-17(13-16)23-20(21)22-14-18(19-9-6-12-25-19)24-10-3-4-11-24/h5-9,12-13,15,18H,3-4,10-11,14H2,1-2H3,(H3,21,22,23). The van der Waals surface area contributed by atoms with Crippen molar-refractivity contribution < 1.29 is 0 Å². The van der Waals surface area contributed by atoms with E-state index < -0.39 is 0 Å². The molecule has 5 heteroatoms. The Balaban J connectivity index is 1.67. The third-order valence-corrected chi connectivity index (χ3v) is 5.69. The zero-order valence-corrected chi connectivity index (χ0v) is 15.9. The average Bonchev–Trinajstić information content (AvgIpc) is 3.29. The molecule has 0 aliphatic carbocycles. The third-order valence-electron chi connectivity index (χ3n) is 4.71. The van der Waals surface area contributed by atoms with E-state index in [1.54, 1.807) is 11.3 Å². The highest BCUT2D eigenvalue weighted by Crippen LogP contribution is 2.28. The lowest BCUT2D eigenvalue weighted by Crippen LogP contribution is -2.29. The molecule has 1 atom stereocenters. The van der Waals surface area contributed by atoms with Gasteiger partial charge >= 0.3 is 0 Å². The largest absolute Gasteiger partial charge is 0.370 e. The summed E-state index contributed by atoms with van der Waals surface area (Å²) in [5.41, 5.74) is 8.45. The number of aliphatic imine (C=N–C) groups is 1. The molecule has 0 saturated carbocycles. The van der Waals surface area contributed by atoms with Crippen molar-refractivity contribution in [2.24, 2.45) is 10.7 Å². The van der Waals surface area contributed by atoms with Gasteiger partial charge in [-0.3, -0.25) is 9.89 Å². The molecule has 1 aromatic heterocycles. The minimum absolute atomic E-state index is 0.338. The molecule has 1 saturated heterocycles. The van der Waals surface area contributed by atoms with Gasteiger partial charge in [-0.1, -0.05) is 32.0 Å². The molecule has 3 rings (SSSR count). The Labute approximate surface area is 154 Å². The first kappa shape index (κ1) is 18.0. The van der Waals surface area contributed by atoms with Crippen LogP contribution in [0, 0.1) is 0 Å². The summed E-state index contributed by atoms with van der Waals surface area (Å²) < 4.78 is 0. The SMILES string of the molecule is CC(C)c1cccc(NC(N)=NCC(c2cccs2)N2CCCC2)c1. The lowest BCUT2D eigenvalue weighted by atomic mass is 10.0. The van der Waals surface area contributed by atoms with Crippen LogP contribution >= 0.6 is 11.3 Å². The maximum absolute atomic E-state index is 6.16. The molecule has 1 aliphatic rings. The van der Waals surface area contributed by atoms with E-state index >= 15 is 0 Å². The number of nitrogens with one attached hydrogen (secondary N) is 1.